The normalized spacial score (nSPS) is 12.1. The van der Waals surface area contributed by atoms with Gasteiger partial charge in [0.15, 0.2) is 6.10 Å². The molecule has 0 rings (SSSR count). The van der Waals surface area contributed by atoms with Crippen LogP contribution in [-0.2, 0) is 28.6 Å². The van der Waals surface area contributed by atoms with Crippen molar-refractivity contribution in [2.45, 2.75) is 259 Å². The third-order valence-electron chi connectivity index (χ3n) is 10.5. The lowest BCUT2D eigenvalue weighted by Crippen LogP contribution is -2.30. The molecular weight excluding hydrogens is 661 g/mol. The molecule has 0 heterocycles. The second-order valence-corrected chi connectivity index (χ2v) is 17.0. The van der Waals surface area contributed by atoms with E-state index in [2.05, 4.69) is 34.6 Å². The van der Waals surface area contributed by atoms with Crippen molar-refractivity contribution in [3.05, 3.63) is 0 Å². The molecule has 0 saturated heterocycles. The highest BCUT2D eigenvalue weighted by atomic mass is 16.6. The molecule has 53 heavy (non-hydrogen) atoms. The maximum absolute atomic E-state index is 12.7. The van der Waals surface area contributed by atoms with E-state index >= 15 is 0 Å². The van der Waals surface area contributed by atoms with Gasteiger partial charge in [-0.25, -0.2) is 0 Å². The van der Waals surface area contributed by atoms with Crippen LogP contribution in [0.25, 0.3) is 0 Å². The summed E-state index contributed by atoms with van der Waals surface area (Å²) >= 11 is 0. The molecule has 6 nitrogen and oxygen atoms in total. The van der Waals surface area contributed by atoms with Crippen molar-refractivity contribution >= 4 is 17.9 Å². The standard InChI is InChI=1S/C47H90O6/c1-6-7-8-9-10-11-12-13-14-15-16-17-18-21-27-32-37-45(48)51-40-44(53-47(50)39-34-29-24-23-26-31-36-43(4)5)41-52-46(49)38-33-28-22-19-20-25-30-35-42(2)3/h42-44H,6-41H2,1-5H3/t44-/m1/s1. The van der Waals surface area contributed by atoms with Crippen LogP contribution in [0.1, 0.15) is 253 Å². The van der Waals surface area contributed by atoms with Crippen LogP contribution in [0.5, 0.6) is 0 Å². The molecule has 0 bridgehead atoms. The fourth-order valence-electron chi connectivity index (χ4n) is 6.93. The maximum atomic E-state index is 12.7. The summed E-state index contributed by atoms with van der Waals surface area (Å²) in [6.45, 7) is 11.2. The predicted octanol–water partition coefficient (Wildman–Crippen LogP) is 14.6. The Hall–Kier alpha value is -1.59. The number of ether oxygens (including phenoxy) is 3. The van der Waals surface area contributed by atoms with Crippen LogP contribution in [0, 0.1) is 11.8 Å². The molecule has 0 aliphatic rings. The molecule has 0 aliphatic carbocycles. The molecule has 6 heteroatoms. The molecular formula is C47H90O6. The first-order valence-corrected chi connectivity index (χ1v) is 23.2. The van der Waals surface area contributed by atoms with Gasteiger partial charge in [0.05, 0.1) is 0 Å². The average Bonchev–Trinajstić information content (AvgIpc) is 3.12. The summed E-state index contributed by atoms with van der Waals surface area (Å²) in [4.78, 5) is 37.7. The molecule has 0 aromatic heterocycles. The molecule has 0 aromatic carbocycles. The zero-order valence-electron chi connectivity index (χ0n) is 36.1. The van der Waals surface area contributed by atoms with Crippen LogP contribution < -0.4 is 0 Å². The van der Waals surface area contributed by atoms with Crippen LogP contribution in [0.2, 0.25) is 0 Å². The number of carbonyl (C=O) groups is 3. The van der Waals surface area contributed by atoms with E-state index in [-0.39, 0.29) is 31.1 Å². The Morgan fingerprint density at radius 2 is 0.623 bits per heavy atom. The minimum Gasteiger partial charge on any atom is -0.462 e. The van der Waals surface area contributed by atoms with E-state index in [0.717, 1.165) is 69.6 Å². The van der Waals surface area contributed by atoms with Crippen molar-refractivity contribution < 1.29 is 28.6 Å². The number of esters is 3. The third kappa shape index (κ3) is 41.4. The molecule has 0 fully saturated rings. The van der Waals surface area contributed by atoms with E-state index in [1.807, 2.05) is 0 Å². The van der Waals surface area contributed by atoms with Gasteiger partial charge < -0.3 is 14.2 Å². The van der Waals surface area contributed by atoms with Crippen LogP contribution in [0.4, 0.5) is 0 Å². The Labute approximate surface area is 329 Å². The van der Waals surface area contributed by atoms with Gasteiger partial charge in [0.1, 0.15) is 13.2 Å². The van der Waals surface area contributed by atoms with Crippen molar-refractivity contribution in [2.24, 2.45) is 11.8 Å². The van der Waals surface area contributed by atoms with Gasteiger partial charge in [-0.3, -0.25) is 14.4 Å². The van der Waals surface area contributed by atoms with Gasteiger partial charge >= 0.3 is 17.9 Å². The smallest absolute Gasteiger partial charge is 0.306 e. The summed E-state index contributed by atoms with van der Waals surface area (Å²) in [5.41, 5.74) is 0. The van der Waals surface area contributed by atoms with E-state index in [4.69, 9.17) is 14.2 Å². The average molecular weight is 751 g/mol. The molecule has 314 valence electrons. The van der Waals surface area contributed by atoms with E-state index in [9.17, 15) is 14.4 Å². The second kappa shape index (κ2) is 40.1. The van der Waals surface area contributed by atoms with Crippen LogP contribution in [0.15, 0.2) is 0 Å². The SMILES string of the molecule is CCCCCCCCCCCCCCCCCCC(=O)OC[C@H](COC(=O)CCCCCCCCCC(C)C)OC(=O)CCCCCCCCC(C)C. The Bertz CT molecular complexity index is 809. The first-order valence-electron chi connectivity index (χ1n) is 23.2. The molecule has 0 N–H and O–H groups in total. The van der Waals surface area contributed by atoms with E-state index in [0.29, 0.717) is 19.3 Å². The van der Waals surface area contributed by atoms with Crippen molar-refractivity contribution in [1.29, 1.82) is 0 Å². The van der Waals surface area contributed by atoms with E-state index in [1.54, 1.807) is 0 Å². The fourth-order valence-corrected chi connectivity index (χ4v) is 6.93. The monoisotopic (exact) mass is 751 g/mol. The lowest BCUT2D eigenvalue weighted by molar-refractivity contribution is -0.167. The Morgan fingerprint density at radius 1 is 0.358 bits per heavy atom. The van der Waals surface area contributed by atoms with Crippen molar-refractivity contribution in [1.82, 2.24) is 0 Å². The molecule has 1 atom stereocenters. The molecule has 0 aliphatic heterocycles. The topological polar surface area (TPSA) is 78.9 Å². The largest absolute Gasteiger partial charge is 0.462 e. The molecule has 0 spiro atoms. The summed E-state index contributed by atoms with van der Waals surface area (Å²) in [5, 5.41) is 0. The van der Waals surface area contributed by atoms with Gasteiger partial charge in [0.2, 0.25) is 0 Å². The van der Waals surface area contributed by atoms with Gasteiger partial charge in [-0.1, -0.05) is 214 Å². The highest BCUT2D eigenvalue weighted by molar-refractivity contribution is 5.71. The second-order valence-electron chi connectivity index (χ2n) is 17.0. The van der Waals surface area contributed by atoms with Crippen LogP contribution >= 0.6 is 0 Å². The van der Waals surface area contributed by atoms with Gasteiger partial charge in [-0.15, -0.1) is 0 Å². The minimum atomic E-state index is -0.761. The van der Waals surface area contributed by atoms with Crippen molar-refractivity contribution in [3.63, 3.8) is 0 Å². The van der Waals surface area contributed by atoms with Gasteiger partial charge in [-0.2, -0.15) is 0 Å². The molecule has 0 radical (unpaired) electrons. The molecule has 0 saturated carbocycles. The number of rotatable bonds is 41. The third-order valence-corrected chi connectivity index (χ3v) is 10.5. The minimum absolute atomic E-state index is 0.0661. The number of unbranched alkanes of at least 4 members (excludes halogenated alkanes) is 26. The van der Waals surface area contributed by atoms with E-state index in [1.165, 1.54) is 141 Å². The highest BCUT2D eigenvalue weighted by Crippen LogP contribution is 2.16. The maximum Gasteiger partial charge on any atom is 0.306 e. The first kappa shape index (κ1) is 51.4. The zero-order chi connectivity index (χ0) is 39.0. The number of hydrogen-bond acceptors (Lipinski definition) is 6. The Morgan fingerprint density at radius 3 is 0.925 bits per heavy atom. The van der Waals surface area contributed by atoms with E-state index < -0.39 is 6.10 Å². The lowest BCUT2D eigenvalue weighted by Gasteiger charge is -2.18. The molecule has 0 unspecified atom stereocenters. The summed E-state index contributed by atoms with van der Waals surface area (Å²) < 4.78 is 16.7. The summed E-state index contributed by atoms with van der Waals surface area (Å²) in [7, 11) is 0. The quantitative estimate of drug-likeness (QED) is 0.0352. The first-order chi connectivity index (χ1) is 25.7. The summed E-state index contributed by atoms with van der Waals surface area (Å²) in [6, 6.07) is 0. The van der Waals surface area contributed by atoms with Gasteiger partial charge in [0.25, 0.3) is 0 Å². The Balaban J connectivity index is 4.26. The number of carbonyl (C=O) groups excluding carboxylic acids is 3. The Kier molecular flexibility index (Phi) is 38.9. The van der Waals surface area contributed by atoms with Gasteiger partial charge in [0, 0.05) is 19.3 Å². The fraction of sp³-hybridized carbons (Fsp3) is 0.936. The zero-order valence-corrected chi connectivity index (χ0v) is 36.1. The van der Waals surface area contributed by atoms with Crippen LogP contribution in [0.3, 0.4) is 0 Å². The summed E-state index contributed by atoms with van der Waals surface area (Å²) in [6.07, 6.45) is 38.3. The summed E-state index contributed by atoms with van der Waals surface area (Å²) in [5.74, 6) is 0.676. The predicted molar refractivity (Wildman–Crippen MR) is 224 cm³/mol. The van der Waals surface area contributed by atoms with Gasteiger partial charge in [-0.05, 0) is 31.1 Å². The highest BCUT2D eigenvalue weighted by Gasteiger charge is 2.19. The molecule has 0 amide bonds. The number of hydrogen-bond donors (Lipinski definition) is 0. The van der Waals surface area contributed by atoms with Crippen LogP contribution in [-0.4, -0.2) is 37.2 Å². The molecule has 0 aromatic rings. The van der Waals surface area contributed by atoms with Crippen molar-refractivity contribution in [3.8, 4) is 0 Å². The van der Waals surface area contributed by atoms with Crippen molar-refractivity contribution in [2.75, 3.05) is 13.2 Å². The lowest BCUT2D eigenvalue weighted by atomic mass is 10.0.